The Labute approximate surface area is 150 Å². The Hall–Kier alpha value is -2.31. The lowest BCUT2D eigenvalue weighted by Crippen LogP contribution is -2.46. The Balaban J connectivity index is 1.57. The molecule has 0 atom stereocenters. The standard InChI is InChI=1S/C19H20N2O3S/c1-25-16-9-5-4-8-15(16)21-18(23)17(22)20-12-19(24)10-13-6-2-3-7-14(13)11-19/h2-9,24H,10-12H2,1H3,(H,20,22)(H,21,23). The summed E-state index contributed by atoms with van der Waals surface area (Å²) in [5.74, 6) is -1.49. The van der Waals surface area contributed by atoms with Crippen molar-refractivity contribution in [2.75, 3.05) is 18.1 Å². The summed E-state index contributed by atoms with van der Waals surface area (Å²) in [7, 11) is 0. The van der Waals surface area contributed by atoms with Crippen molar-refractivity contribution in [3.05, 3.63) is 59.7 Å². The normalized spacial score (nSPS) is 14.6. The van der Waals surface area contributed by atoms with Gasteiger partial charge in [-0.25, -0.2) is 0 Å². The summed E-state index contributed by atoms with van der Waals surface area (Å²) in [6, 6.07) is 15.1. The third kappa shape index (κ3) is 4.03. The summed E-state index contributed by atoms with van der Waals surface area (Å²) in [6.07, 6.45) is 2.85. The van der Waals surface area contributed by atoms with Gasteiger partial charge in [-0.2, -0.15) is 0 Å². The van der Waals surface area contributed by atoms with Crippen molar-refractivity contribution >= 4 is 29.3 Å². The lowest BCUT2D eigenvalue weighted by atomic mass is 10.0. The molecule has 2 aromatic rings. The summed E-state index contributed by atoms with van der Waals surface area (Å²) >= 11 is 1.49. The molecule has 0 fully saturated rings. The van der Waals surface area contributed by atoms with Crippen LogP contribution in [-0.4, -0.2) is 35.3 Å². The van der Waals surface area contributed by atoms with E-state index >= 15 is 0 Å². The predicted octanol–water partition coefficient (Wildman–Crippen LogP) is 1.99. The van der Waals surface area contributed by atoms with E-state index in [4.69, 9.17) is 0 Å². The molecule has 0 spiro atoms. The molecule has 0 bridgehead atoms. The van der Waals surface area contributed by atoms with E-state index < -0.39 is 17.4 Å². The molecule has 2 aromatic carbocycles. The van der Waals surface area contributed by atoms with Crippen LogP contribution in [0.3, 0.4) is 0 Å². The summed E-state index contributed by atoms with van der Waals surface area (Å²) in [6.45, 7) is 0.0398. The SMILES string of the molecule is CSc1ccccc1NC(=O)C(=O)NCC1(O)Cc2ccccc2C1. The second-order valence-corrected chi connectivity index (χ2v) is 7.03. The van der Waals surface area contributed by atoms with Gasteiger partial charge < -0.3 is 15.7 Å². The number of aliphatic hydroxyl groups is 1. The fourth-order valence-corrected chi connectivity index (χ4v) is 3.60. The van der Waals surface area contributed by atoms with Gasteiger partial charge in [0, 0.05) is 24.3 Å². The van der Waals surface area contributed by atoms with Gasteiger partial charge in [0.05, 0.1) is 11.3 Å². The number of thioether (sulfide) groups is 1. The van der Waals surface area contributed by atoms with Gasteiger partial charge in [0.15, 0.2) is 0 Å². The molecule has 1 aliphatic rings. The number of hydrogen-bond donors (Lipinski definition) is 3. The van der Waals surface area contributed by atoms with Crippen LogP contribution >= 0.6 is 11.8 Å². The number of nitrogens with one attached hydrogen (secondary N) is 2. The van der Waals surface area contributed by atoms with Crippen molar-refractivity contribution in [3.63, 3.8) is 0 Å². The van der Waals surface area contributed by atoms with E-state index in [0.29, 0.717) is 18.5 Å². The van der Waals surface area contributed by atoms with Gasteiger partial charge in [0.1, 0.15) is 0 Å². The second-order valence-electron chi connectivity index (χ2n) is 6.18. The van der Waals surface area contributed by atoms with Crippen LogP contribution in [0.2, 0.25) is 0 Å². The maximum atomic E-state index is 12.1. The van der Waals surface area contributed by atoms with E-state index in [-0.39, 0.29) is 6.54 Å². The average molecular weight is 356 g/mol. The Bertz CT molecular complexity index is 782. The topological polar surface area (TPSA) is 78.4 Å². The molecule has 0 heterocycles. The molecule has 3 rings (SSSR count). The lowest BCUT2D eigenvalue weighted by molar-refractivity contribution is -0.136. The fraction of sp³-hybridized carbons (Fsp3) is 0.263. The minimum Gasteiger partial charge on any atom is -0.387 e. The van der Waals surface area contributed by atoms with E-state index in [9.17, 15) is 14.7 Å². The highest BCUT2D eigenvalue weighted by Gasteiger charge is 2.35. The zero-order chi connectivity index (χ0) is 17.9. The van der Waals surface area contributed by atoms with Gasteiger partial charge >= 0.3 is 11.8 Å². The Morgan fingerprint density at radius 2 is 1.64 bits per heavy atom. The Morgan fingerprint density at radius 3 is 2.28 bits per heavy atom. The molecule has 6 heteroatoms. The molecular formula is C19H20N2O3S. The first-order valence-corrected chi connectivity index (χ1v) is 9.24. The first-order chi connectivity index (χ1) is 12.0. The molecule has 1 aliphatic carbocycles. The van der Waals surface area contributed by atoms with E-state index in [1.807, 2.05) is 42.7 Å². The van der Waals surface area contributed by atoms with Crippen LogP contribution < -0.4 is 10.6 Å². The molecule has 0 saturated carbocycles. The molecule has 130 valence electrons. The number of amides is 2. The predicted molar refractivity (Wildman–Crippen MR) is 98.7 cm³/mol. The highest BCUT2D eigenvalue weighted by Crippen LogP contribution is 2.29. The van der Waals surface area contributed by atoms with Gasteiger partial charge in [-0.1, -0.05) is 36.4 Å². The monoisotopic (exact) mass is 356 g/mol. The number of carbonyl (C=O) groups excluding carboxylic acids is 2. The largest absolute Gasteiger partial charge is 0.387 e. The fourth-order valence-electron chi connectivity index (χ4n) is 3.05. The number of anilines is 1. The quantitative estimate of drug-likeness (QED) is 0.578. The van der Waals surface area contributed by atoms with Crippen LogP contribution in [0.25, 0.3) is 0 Å². The number of hydrogen-bond acceptors (Lipinski definition) is 4. The molecule has 0 aliphatic heterocycles. The Morgan fingerprint density at radius 1 is 1.04 bits per heavy atom. The van der Waals surface area contributed by atoms with Crippen molar-refractivity contribution in [1.82, 2.24) is 5.32 Å². The Kier molecular flexibility index (Phi) is 5.11. The van der Waals surface area contributed by atoms with Crippen LogP contribution in [0.15, 0.2) is 53.4 Å². The third-order valence-corrected chi connectivity index (χ3v) is 5.09. The molecule has 3 N–H and O–H groups in total. The molecule has 5 nitrogen and oxygen atoms in total. The number of carbonyl (C=O) groups is 2. The molecule has 0 radical (unpaired) electrons. The molecule has 2 amide bonds. The molecule has 0 unspecified atom stereocenters. The average Bonchev–Trinajstić information content (AvgIpc) is 2.96. The number of benzene rings is 2. The number of fused-ring (bicyclic) bond motifs is 1. The van der Waals surface area contributed by atoms with E-state index in [1.54, 1.807) is 12.1 Å². The van der Waals surface area contributed by atoms with Crippen molar-refractivity contribution in [2.24, 2.45) is 0 Å². The highest BCUT2D eigenvalue weighted by atomic mass is 32.2. The van der Waals surface area contributed by atoms with E-state index in [1.165, 1.54) is 11.8 Å². The minimum atomic E-state index is -1.04. The number of rotatable bonds is 4. The van der Waals surface area contributed by atoms with Crippen LogP contribution in [0.1, 0.15) is 11.1 Å². The van der Waals surface area contributed by atoms with Crippen molar-refractivity contribution in [3.8, 4) is 0 Å². The molecule has 0 saturated heterocycles. The summed E-state index contributed by atoms with van der Waals surface area (Å²) in [5, 5.41) is 15.8. The highest BCUT2D eigenvalue weighted by molar-refractivity contribution is 7.98. The van der Waals surface area contributed by atoms with E-state index in [0.717, 1.165) is 16.0 Å². The van der Waals surface area contributed by atoms with Crippen LogP contribution in [0.4, 0.5) is 5.69 Å². The zero-order valence-corrected chi connectivity index (χ0v) is 14.7. The first-order valence-electron chi connectivity index (χ1n) is 8.02. The minimum absolute atomic E-state index is 0.0398. The number of para-hydroxylation sites is 1. The second kappa shape index (κ2) is 7.29. The maximum absolute atomic E-state index is 12.1. The van der Waals surface area contributed by atoms with Crippen molar-refractivity contribution < 1.29 is 14.7 Å². The smallest absolute Gasteiger partial charge is 0.313 e. The van der Waals surface area contributed by atoms with Crippen LogP contribution in [0.5, 0.6) is 0 Å². The maximum Gasteiger partial charge on any atom is 0.313 e. The molecule has 0 aromatic heterocycles. The van der Waals surface area contributed by atoms with Gasteiger partial charge in [0.2, 0.25) is 0 Å². The summed E-state index contributed by atoms with van der Waals surface area (Å²) < 4.78 is 0. The van der Waals surface area contributed by atoms with Gasteiger partial charge in [0.25, 0.3) is 0 Å². The van der Waals surface area contributed by atoms with Crippen molar-refractivity contribution in [1.29, 1.82) is 0 Å². The van der Waals surface area contributed by atoms with Gasteiger partial charge in [-0.15, -0.1) is 11.8 Å². The molecular weight excluding hydrogens is 336 g/mol. The van der Waals surface area contributed by atoms with Crippen LogP contribution in [0, 0.1) is 0 Å². The third-order valence-electron chi connectivity index (χ3n) is 4.30. The van der Waals surface area contributed by atoms with Gasteiger partial charge in [-0.05, 0) is 29.5 Å². The van der Waals surface area contributed by atoms with E-state index in [2.05, 4.69) is 10.6 Å². The summed E-state index contributed by atoms with van der Waals surface area (Å²) in [4.78, 5) is 25.1. The first kappa shape index (κ1) is 17.5. The van der Waals surface area contributed by atoms with Gasteiger partial charge in [-0.3, -0.25) is 9.59 Å². The summed E-state index contributed by atoms with van der Waals surface area (Å²) in [5.41, 5.74) is 1.72. The van der Waals surface area contributed by atoms with Crippen LogP contribution in [-0.2, 0) is 22.4 Å². The molecule has 25 heavy (non-hydrogen) atoms. The van der Waals surface area contributed by atoms with Crippen molar-refractivity contribution in [2.45, 2.75) is 23.3 Å². The lowest BCUT2D eigenvalue weighted by Gasteiger charge is -2.22. The zero-order valence-electron chi connectivity index (χ0n) is 13.9.